The summed E-state index contributed by atoms with van der Waals surface area (Å²) in [5.74, 6) is -0.265. The van der Waals surface area contributed by atoms with Crippen LogP contribution in [-0.4, -0.2) is 16.3 Å². The van der Waals surface area contributed by atoms with Crippen LogP contribution >= 0.6 is 15.9 Å². The predicted octanol–water partition coefficient (Wildman–Crippen LogP) is 4.77. The number of aromatic nitrogens is 1. The first kappa shape index (κ1) is 16.6. The number of halogens is 4. The average Bonchev–Trinajstić information content (AvgIpc) is 2.47. The maximum atomic E-state index is 12.6. The van der Waals surface area contributed by atoms with Crippen molar-refractivity contribution in [2.24, 2.45) is 0 Å². The highest BCUT2D eigenvalue weighted by atomic mass is 79.9. The summed E-state index contributed by atoms with van der Waals surface area (Å²) in [7, 11) is 0. The van der Waals surface area contributed by atoms with Crippen LogP contribution in [0.25, 0.3) is 22.0 Å². The Morgan fingerprint density at radius 2 is 1.88 bits per heavy atom. The largest absolute Gasteiger partial charge is 0.506 e. The van der Waals surface area contributed by atoms with Gasteiger partial charge in [-0.15, -0.1) is 0 Å². The van der Waals surface area contributed by atoms with E-state index in [-0.39, 0.29) is 22.4 Å². The van der Waals surface area contributed by atoms with Crippen molar-refractivity contribution >= 4 is 26.8 Å². The summed E-state index contributed by atoms with van der Waals surface area (Å²) in [4.78, 5) is 14.9. The van der Waals surface area contributed by atoms with Gasteiger partial charge in [0.05, 0.1) is 17.5 Å². The summed E-state index contributed by atoms with van der Waals surface area (Å²) < 4.78 is 38.4. The van der Waals surface area contributed by atoms with Crippen molar-refractivity contribution in [3.8, 4) is 16.9 Å². The van der Waals surface area contributed by atoms with E-state index in [1.165, 1.54) is 24.3 Å². The van der Waals surface area contributed by atoms with Crippen molar-refractivity contribution in [1.29, 1.82) is 0 Å². The average molecular weight is 398 g/mol. The lowest BCUT2D eigenvalue weighted by Gasteiger charge is -2.10. The molecule has 0 amide bonds. The first-order valence-corrected chi connectivity index (χ1v) is 7.74. The standard InChI is InChI=1S/C17H11BrF3NO2/c18-11-4-5-13-12(7-11)15(23)14(16(24)22-13)10-3-1-2-9(6-10)8-17(19,20)21/h1-7H,8H2,(H2,22,23,24). The molecule has 0 fully saturated rings. The SMILES string of the molecule is O=c1[nH]c2ccc(Br)cc2c(O)c1-c1cccc(CC(F)(F)F)c1. The molecule has 24 heavy (non-hydrogen) atoms. The fourth-order valence-electron chi connectivity index (χ4n) is 2.58. The summed E-state index contributed by atoms with van der Waals surface area (Å²) in [5, 5.41) is 10.9. The van der Waals surface area contributed by atoms with Gasteiger partial charge in [0.1, 0.15) is 5.75 Å². The van der Waals surface area contributed by atoms with E-state index in [0.29, 0.717) is 15.4 Å². The number of fused-ring (bicyclic) bond motifs is 1. The molecule has 3 aromatic rings. The fourth-order valence-corrected chi connectivity index (χ4v) is 2.95. The molecule has 2 N–H and O–H groups in total. The summed E-state index contributed by atoms with van der Waals surface area (Å²) in [6.07, 6.45) is -5.44. The van der Waals surface area contributed by atoms with E-state index in [9.17, 15) is 23.1 Å². The highest BCUT2D eigenvalue weighted by Gasteiger charge is 2.27. The van der Waals surface area contributed by atoms with Crippen molar-refractivity contribution in [3.05, 3.63) is 62.9 Å². The number of hydrogen-bond acceptors (Lipinski definition) is 2. The second kappa shape index (κ2) is 5.98. The summed E-state index contributed by atoms with van der Waals surface area (Å²) in [6.45, 7) is 0. The van der Waals surface area contributed by atoms with Gasteiger partial charge in [-0.1, -0.05) is 40.2 Å². The highest BCUT2D eigenvalue weighted by Crippen LogP contribution is 2.34. The van der Waals surface area contributed by atoms with Gasteiger partial charge in [0.15, 0.2) is 0 Å². The zero-order valence-electron chi connectivity index (χ0n) is 12.1. The van der Waals surface area contributed by atoms with Gasteiger partial charge in [-0.2, -0.15) is 13.2 Å². The molecular weight excluding hydrogens is 387 g/mol. The quantitative estimate of drug-likeness (QED) is 0.654. The monoisotopic (exact) mass is 397 g/mol. The maximum absolute atomic E-state index is 12.6. The minimum Gasteiger partial charge on any atom is -0.506 e. The summed E-state index contributed by atoms with van der Waals surface area (Å²) >= 11 is 3.28. The van der Waals surface area contributed by atoms with Crippen LogP contribution in [0.15, 0.2) is 51.7 Å². The molecule has 0 bridgehead atoms. The van der Waals surface area contributed by atoms with Crippen LogP contribution in [-0.2, 0) is 6.42 Å². The molecule has 0 atom stereocenters. The van der Waals surface area contributed by atoms with Crippen molar-refractivity contribution in [2.45, 2.75) is 12.6 Å². The number of benzene rings is 2. The van der Waals surface area contributed by atoms with E-state index in [1.54, 1.807) is 18.2 Å². The van der Waals surface area contributed by atoms with Gasteiger partial charge in [-0.3, -0.25) is 4.79 Å². The van der Waals surface area contributed by atoms with Crippen LogP contribution in [0, 0.1) is 0 Å². The number of H-pyrrole nitrogens is 1. The third-order valence-electron chi connectivity index (χ3n) is 3.57. The second-order valence-electron chi connectivity index (χ2n) is 5.36. The smallest absolute Gasteiger partial charge is 0.393 e. The van der Waals surface area contributed by atoms with Crippen molar-refractivity contribution in [3.63, 3.8) is 0 Å². The van der Waals surface area contributed by atoms with Crippen LogP contribution in [0.5, 0.6) is 5.75 Å². The molecule has 0 radical (unpaired) electrons. The lowest BCUT2D eigenvalue weighted by molar-refractivity contribution is -0.127. The Hall–Kier alpha value is -2.28. The molecule has 0 saturated carbocycles. The van der Waals surface area contributed by atoms with Gasteiger partial charge in [0, 0.05) is 9.86 Å². The lowest BCUT2D eigenvalue weighted by Crippen LogP contribution is -2.12. The molecule has 124 valence electrons. The second-order valence-corrected chi connectivity index (χ2v) is 6.28. The predicted molar refractivity (Wildman–Crippen MR) is 89.1 cm³/mol. The van der Waals surface area contributed by atoms with Gasteiger partial charge < -0.3 is 10.1 Å². The zero-order chi connectivity index (χ0) is 17.5. The van der Waals surface area contributed by atoms with E-state index >= 15 is 0 Å². The Morgan fingerprint density at radius 3 is 2.58 bits per heavy atom. The number of aromatic amines is 1. The van der Waals surface area contributed by atoms with E-state index in [0.717, 1.165) is 0 Å². The number of nitrogens with one attached hydrogen (secondary N) is 1. The molecule has 0 aliphatic rings. The Kier molecular flexibility index (Phi) is 4.13. The topological polar surface area (TPSA) is 53.1 Å². The minimum absolute atomic E-state index is 0.0214. The molecule has 3 rings (SSSR count). The number of rotatable bonds is 2. The Bertz CT molecular complexity index is 980. The molecule has 0 aliphatic heterocycles. The van der Waals surface area contributed by atoms with Crippen molar-refractivity contribution in [2.75, 3.05) is 0 Å². The number of hydrogen-bond donors (Lipinski definition) is 2. The van der Waals surface area contributed by atoms with Crippen LogP contribution in [0.3, 0.4) is 0 Å². The van der Waals surface area contributed by atoms with Crippen molar-refractivity contribution in [1.82, 2.24) is 4.98 Å². The Labute approximate surface area is 142 Å². The first-order valence-electron chi connectivity index (χ1n) is 6.95. The minimum atomic E-state index is -4.35. The number of alkyl halides is 3. The van der Waals surface area contributed by atoms with E-state index in [1.807, 2.05) is 0 Å². The zero-order valence-corrected chi connectivity index (χ0v) is 13.7. The molecule has 3 nitrogen and oxygen atoms in total. The fraction of sp³-hybridized carbons (Fsp3) is 0.118. The van der Waals surface area contributed by atoms with Gasteiger partial charge >= 0.3 is 6.18 Å². The van der Waals surface area contributed by atoms with Crippen molar-refractivity contribution < 1.29 is 18.3 Å². The van der Waals surface area contributed by atoms with E-state index in [2.05, 4.69) is 20.9 Å². The molecule has 0 spiro atoms. The van der Waals surface area contributed by atoms with Crippen LogP contribution < -0.4 is 5.56 Å². The Morgan fingerprint density at radius 1 is 1.12 bits per heavy atom. The van der Waals surface area contributed by atoms with Gasteiger partial charge in [-0.05, 0) is 29.3 Å². The molecular formula is C17H11BrF3NO2. The van der Waals surface area contributed by atoms with Gasteiger partial charge in [0.2, 0.25) is 0 Å². The number of pyridine rings is 1. The molecule has 2 aromatic carbocycles. The Balaban J connectivity index is 2.19. The third kappa shape index (κ3) is 3.31. The third-order valence-corrected chi connectivity index (χ3v) is 4.06. The molecule has 1 heterocycles. The van der Waals surface area contributed by atoms with Gasteiger partial charge in [0.25, 0.3) is 5.56 Å². The molecule has 0 aliphatic carbocycles. The van der Waals surface area contributed by atoms with Crippen LogP contribution in [0.1, 0.15) is 5.56 Å². The molecule has 0 saturated heterocycles. The normalized spacial score (nSPS) is 11.8. The maximum Gasteiger partial charge on any atom is 0.393 e. The van der Waals surface area contributed by atoms with E-state index < -0.39 is 18.2 Å². The van der Waals surface area contributed by atoms with Crippen LogP contribution in [0.4, 0.5) is 13.2 Å². The van der Waals surface area contributed by atoms with Crippen LogP contribution in [0.2, 0.25) is 0 Å². The summed E-state index contributed by atoms with van der Waals surface area (Å²) in [6, 6.07) is 10.5. The van der Waals surface area contributed by atoms with Gasteiger partial charge in [-0.25, -0.2) is 0 Å². The van der Waals surface area contributed by atoms with E-state index in [4.69, 9.17) is 0 Å². The highest BCUT2D eigenvalue weighted by molar-refractivity contribution is 9.10. The number of aromatic hydroxyl groups is 1. The summed E-state index contributed by atoms with van der Waals surface area (Å²) in [5.41, 5.74) is 0.0810. The molecule has 0 unspecified atom stereocenters. The molecule has 7 heteroatoms. The first-order chi connectivity index (χ1) is 11.2. The lowest BCUT2D eigenvalue weighted by atomic mass is 10.00. The molecule has 1 aromatic heterocycles.